The zero-order valence-electron chi connectivity index (χ0n) is 17.1. The molecule has 1 aliphatic carbocycles. The Kier molecular flexibility index (Phi) is 5.21. The number of hydrogen-bond donors (Lipinski definition) is 0. The van der Waals surface area contributed by atoms with Crippen LogP contribution >= 0.6 is 0 Å². The Morgan fingerprint density at radius 1 is 1.03 bits per heavy atom. The molecular weight excluding hydrogens is 381 g/mol. The molecule has 0 spiro atoms. The number of aryl methyl sites for hydroxylation is 1. The Morgan fingerprint density at radius 2 is 1.83 bits per heavy atom. The average Bonchev–Trinajstić information content (AvgIpc) is 3.35. The first kappa shape index (κ1) is 19.2. The van der Waals surface area contributed by atoms with E-state index in [9.17, 15) is 4.39 Å². The normalized spacial score (nSPS) is 26.5. The highest BCUT2D eigenvalue weighted by molar-refractivity contribution is 5.16. The zero-order valence-corrected chi connectivity index (χ0v) is 17.1. The average molecular weight is 407 g/mol. The third-order valence-corrected chi connectivity index (χ3v) is 6.51. The summed E-state index contributed by atoms with van der Waals surface area (Å²) in [6.45, 7) is 5.00. The van der Waals surface area contributed by atoms with Gasteiger partial charge < -0.3 is 9.30 Å². The van der Waals surface area contributed by atoms with Crippen molar-refractivity contribution in [1.82, 2.24) is 24.4 Å². The Labute approximate surface area is 175 Å². The molecule has 2 aliphatic rings. The lowest BCUT2D eigenvalue weighted by Gasteiger charge is -2.38. The highest BCUT2D eigenvalue weighted by atomic mass is 19.1. The highest BCUT2D eigenvalue weighted by Crippen LogP contribution is 2.43. The fraction of sp³-hybridized carbons (Fsp3) is 0.435. The predicted octanol–water partition coefficient (Wildman–Crippen LogP) is 3.65. The number of nitrogens with zero attached hydrogens (tertiary/aromatic N) is 5. The van der Waals surface area contributed by atoms with E-state index in [1.54, 1.807) is 30.7 Å². The summed E-state index contributed by atoms with van der Waals surface area (Å²) in [6.07, 6.45) is 11.0. The van der Waals surface area contributed by atoms with E-state index in [0.717, 1.165) is 43.9 Å². The summed E-state index contributed by atoms with van der Waals surface area (Å²) in [4.78, 5) is 15.4. The summed E-state index contributed by atoms with van der Waals surface area (Å²) >= 11 is 0. The third-order valence-electron chi connectivity index (χ3n) is 6.51. The van der Waals surface area contributed by atoms with Crippen LogP contribution in [-0.4, -0.2) is 43.6 Å². The number of ether oxygens (including phenoxy) is 1. The van der Waals surface area contributed by atoms with Crippen molar-refractivity contribution in [2.24, 2.45) is 11.8 Å². The molecule has 2 aromatic heterocycles. The second-order valence-corrected chi connectivity index (χ2v) is 8.46. The van der Waals surface area contributed by atoms with Gasteiger partial charge in [0.1, 0.15) is 17.7 Å². The number of halogens is 1. The summed E-state index contributed by atoms with van der Waals surface area (Å²) in [5.41, 5.74) is 1.16. The molecule has 3 aromatic rings. The van der Waals surface area contributed by atoms with Crippen molar-refractivity contribution < 1.29 is 9.13 Å². The summed E-state index contributed by atoms with van der Waals surface area (Å²) in [5.74, 6) is 2.58. The predicted molar refractivity (Wildman–Crippen MR) is 110 cm³/mol. The molecule has 0 radical (unpaired) electrons. The van der Waals surface area contributed by atoms with Crippen molar-refractivity contribution in [3.8, 4) is 5.88 Å². The Hall–Kier alpha value is -2.80. The first-order valence-corrected chi connectivity index (χ1v) is 10.5. The van der Waals surface area contributed by atoms with Crippen LogP contribution in [0.25, 0.3) is 0 Å². The second-order valence-electron chi connectivity index (χ2n) is 8.46. The lowest BCUT2D eigenvalue weighted by molar-refractivity contribution is 0.0501. The minimum absolute atomic E-state index is 0.0293. The minimum Gasteiger partial charge on any atom is -0.471 e. The van der Waals surface area contributed by atoms with E-state index in [1.807, 2.05) is 25.3 Å². The van der Waals surface area contributed by atoms with E-state index in [2.05, 4.69) is 30.6 Å². The molecule has 2 fully saturated rings. The lowest BCUT2D eigenvalue weighted by atomic mass is 9.77. The molecular formula is C23H26FN5O. The van der Waals surface area contributed by atoms with Crippen molar-refractivity contribution in [2.45, 2.75) is 38.5 Å². The maximum absolute atomic E-state index is 13.2. The van der Waals surface area contributed by atoms with Crippen LogP contribution in [0, 0.1) is 24.6 Å². The van der Waals surface area contributed by atoms with E-state index in [-0.39, 0.29) is 18.0 Å². The number of rotatable bonds is 5. The SMILES string of the molecule is Cc1nccn1[C@H]1C[C@H]2CN(Cc3ccc(F)cc3)C[C@H]2C[C@@H]1Oc1cnccn1. The molecule has 1 aliphatic heterocycles. The number of likely N-dealkylation sites (tertiary alicyclic amines) is 1. The van der Waals surface area contributed by atoms with Gasteiger partial charge in [-0.05, 0) is 49.3 Å². The van der Waals surface area contributed by atoms with Crippen LogP contribution in [0.3, 0.4) is 0 Å². The van der Waals surface area contributed by atoms with Gasteiger partial charge in [0, 0.05) is 44.4 Å². The number of hydrogen-bond acceptors (Lipinski definition) is 5. The van der Waals surface area contributed by atoms with E-state index >= 15 is 0 Å². The van der Waals surface area contributed by atoms with E-state index in [4.69, 9.17) is 4.74 Å². The van der Waals surface area contributed by atoms with Gasteiger partial charge in [-0.15, -0.1) is 0 Å². The quantitative estimate of drug-likeness (QED) is 0.646. The van der Waals surface area contributed by atoms with E-state index in [1.165, 1.54) is 0 Å². The molecule has 5 rings (SSSR count). The van der Waals surface area contributed by atoms with Crippen molar-refractivity contribution >= 4 is 0 Å². The highest BCUT2D eigenvalue weighted by Gasteiger charge is 2.44. The van der Waals surface area contributed by atoms with Gasteiger partial charge in [0.2, 0.25) is 5.88 Å². The van der Waals surface area contributed by atoms with E-state index < -0.39 is 0 Å². The molecule has 1 aromatic carbocycles. The van der Waals surface area contributed by atoms with Gasteiger partial charge in [0.15, 0.2) is 0 Å². The van der Waals surface area contributed by atoms with Gasteiger partial charge >= 0.3 is 0 Å². The van der Waals surface area contributed by atoms with Crippen LogP contribution in [-0.2, 0) is 6.54 Å². The van der Waals surface area contributed by atoms with Gasteiger partial charge in [-0.3, -0.25) is 9.88 Å². The standard InChI is InChI=1S/C23H26FN5O/c1-16-26-8-9-29(16)21-10-18-14-28(13-17-2-4-20(24)5-3-17)15-19(18)11-22(21)30-23-12-25-6-7-27-23/h2-9,12,18-19,21-22H,10-11,13-15H2,1H3/t18-,19+,21-,22-/m0/s1. The Balaban J connectivity index is 1.34. The van der Waals surface area contributed by atoms with Crippen LogP contribution in [0.1, 0.15) is 30.3 Å². The third kappa shape index (κ3) is 3.94. The molecule has 3 heterocycles. The summed E-state index contributed by atoms with van der Waals surface area (Å²) in [5, 5.41) is 0. The molecule has 0 N–H and O–H groups in total. The van der Waals surface area contributed by atoms with Crippen LogP contribution in [0.4, 0.5) is 4.39 Å². The molecule has 30 heavy (non-hydrogen) atoms. The Bertz CT molecular complexity index is 977. The molecule has 0 bridgehead atoms. The first-order valence-electron chi connectivity index (χ1n) is 10.5. The molecule has 156 valence electrons. The molecule has 0 unspecified atom stereocenters. The van der Waals surface area contributed by atoms with Crippen molar-refractivity contribution in [2.75, 3.05) is 13.1 Å². The fourth-order valence-corrected chi connectivity index (χ4v) is 5.12. The van der Waals surface area contributed by atoms with Gasteiger partial charge in [-0.1, -0.05) is 12.1 Å². The Morgan fingerprint density at radius 3 is 2.53 bits per heavy atom. The second kappa shape index (κ2) is 8.14. The van der Waals surface area contributed by atoms with Gasteiger partial charge in [-0.25, -0.2) is 14.4 Å². The maximum atomic E-state index is 13.2. The topological polar surface area (TPSA) is 56.1 Å². The molecule has 1 saturated carbocycles. The van der Waals surface area contributed by atoms with Gasteiger partial charge in [-0.2, -0.15) is 0 Å². The molecule has 6 nitrogen and oxygen atoms in total. The van der Waals surface area contributed by atoms with Crippen LogP contribution in [0.5, 0.6) is 5.88 Å². The first-order chi connectivity index (χ1) is 14.7. The minimum atomic E-state index is -0.184. The summed E-state index contributed by atoms with van der Waals surface area (Å²) in [7, 11) is 0. The van der Waals surface area contributed by atoms with Crippen LogP contribution < -0.4 is 4.74 Å². The zero-order chi connectivity index (χ0) is 20.5. The molecule has 1 saturated heterocycles. The molecule has 7 heteroatoms. The number of fused-ring (bicyclic) bond motifs is 1. The number of imidazole rings is 1. The fourth-order valence-electron chi connectivity index (χ4n) is 5.12. The monoisotopic (exact) mass is 407 g/mol. The maximum Gasteiger partial charge on any atom is 0.232 e. The van der Waals surface area contributed by atoms with Crippen LogP contribution in [0.2, 0.25) is 0 Å². The largest absolute Gasteiger partial charge is 0.471 e. The van der Waals surface area contributed by atoms with Gasteiger partial charge in [0.25, 0.3) is 0 Å². The summed E-state index contributed by atoms with van der Waals surface area (Å²) in [6, 6.07) is 7.08. The summed E-state index contributed by atoms with van der Waals surface area (Å²) < 4.78 is 21.8. The number of benzene rings is 1. The van der Waals surface area contributed by atoms with Crippen molar-refractivity contribution in [3.63, 3.8) is 0 Å². The molecule has 4 atom stereocenters. The van der Waals surface area contributed by atoms with Crippen LogP contribution in [0.15, 0.2) is 55.2 Å². The van der Waals surface area contributed by atoms with Crippen molar-refractivity contribution in [1.29, 1.82) is 0 Å². The van der Waals surface area contributed by atoms with Crippen molar-refractivity contribution in [3.05, 3.63) is 72.5 Å². The van der Waals surface area contributed by atoms with Gasteiger partial charge in [0.05, 0.1) is 12.2 Å². The number of aromatic nitrogens is 4. The lowest BCUT2D eigenvalue weighted by Crippen LogP contribution is -2.40. The smallest absolute Gasteiger partial charge is 0.232 e. The van der Waals surface area contributed by atoms with E-state index in [0.29, 0.717) is 17.7 Å². The molecule has 0 amide bonds.